The van der Waals surface area contributed by atoms with Crippen LogP contribution in [0.5, 0.6) is 11.5 Å². The summed E-state index contributed by atoms with van der Waals surface area (Å²) in [5, 5.41) is 11.4. The van der Waals surface area contributed by atoms with E-state index in [1.807, 2.05) is 36.4 Å². The normalized spacial score (nSPS) is 10.9. The second-order valence-electron chi connectivity index (χ2n) is 6.06. The molecular formula is C21H14N4O3S2. The van der Waals surface area contributed by atoms with Crippen molar-refractivity contribution in [2.75, 3.05) is 4.72 Å². The van der Waals surface area contributed by atoms with Crippen LogP contribution < -0.4 is 9.46 Å². The van der Waals surface area contributed by atoms with Gasteiger partial charge >= 0.3 is 0 Å². The molecule has 0 aliphatic carbocycles. The summed E-state index contributed by atoms with van der Waals surface area (Å²) < 4.78 is 33.3. The number of thiazole rings is 1. The van der Waals surface area contributed by atoms with Gasteiger partial charge in [0, 0.05) is 23.3 Å². The number of nitrogens with one attached hydrogen (secondary N) is 1. The zero-order chi connectivity index (χ0) is 21.0. The van der Waals surface area contributed by atoms with Gasteiger partial charge in [-0.15, -0.1) is 11.3 Å². The zero-order valence-electron chi connectivity index (χ0n) is 15.4. The molecule has 0 aliphatic rings. The van der Waals surface area contributed by atoms with Gasteiger partial charge in [-0.3, -0.25) is 9.71 Å². The fraction of sp³-hybridized carbons (Fsp3) is 0. The Bertz CT molecular complexity index is 1320. The Labute approximate surface area is 177 Å². The van der Waals surface area contributed by atoms with Crippen LogP contribution in [-0.2, 0) is 10.0 Å². The molecule has 4 rings (SSSR count). The maximum absolute atomic E-state index is 12.5. The smallest absolute Gasteiger partial charge is 0.263 e. The average molecular weight is 435 g/mol. The van der Waals surface area contributed by atoms with Crippen molar-refractivity contribution in [1.29, 1.82) is 5.26 Å². The minimum absolute atomic E-state index is 0.0520. The molecule has 0 fully saturated rings. The topological polar surface area (TPSA) is 105 Å². The molecule has 7 nitrogen and oxygen atoms in total. The van der Waals surface area contributed by atoms with Gasteiger partial charge in [-0.25, -0.2) is 13.4 Å². The van der Waals surface area contributed by atoms with Gasteiger partial charge < -0.3 is 4.74 Å². The van der Waals surface area contributed by atoms with Gasteiger partial charge in [-0.2, -0.15) is 5.26 Å². The SMILES string of the molecule is N#Cc1cc(S(=O)(=O)Nc2nccs2)ccc1Oc1cccc(-c2ccccn2)c1. The Morgan fingerprint density at radius 3 is 2.63 bits per heavy atom. The van der Waals surface area contributed by atoms with Crippen molar-refractivity contribution < 1.29 is 13.2 Å². The molecule has 1 N–H and O–H groups in total. The Morgan fingerprint density at radius 2 is 1.90 bits per heavy atom. The van der Waals surface area contributed by atoms with E-state index in [-0.39, 0.29) is 21.3 Å². The molecule has 0 radical (unpaired) electrons. The molecule has 2 aromatic heterocycles. The van der Waals surface area contributed by atoms with Gasteiger partial charge in [-0.05, 0) is 42.5 Å². The standard InChI is InChI=1S/C21H14N4O3S2/c22-14-16-13-18(30(26,27)25-21-24-10-11-29-21)7-8-20(16)28-17-5-3-4-15(12-17)19-6-1-2-9-23-19/h1-13H,(H,24,25). The number of sulfonamides is 1. The largest absolute Gasteiger partial charge is 0.456 e. The predicted molar refractivity (Wildman–Crippen MR) is 114 cm³/mol. The van der Waals surface area contributed by atoms with Crippen LogP contribution >= 0.6 is 11.3 Å². The van der Waals surface area contributed by atoms with Crippen molar-refractivity contribution in [1.82, 2.24) is 9.97 Å². The number of benzene rings is 2. The van der Waals surface area contributed by atoms with E-state index in [0.717, 1.165) is 22.6 Å². The third-order valence-electron chi connectivity index (χ3n) is 4.06. The lowest BCUT2D eigenvalue weighted by molar-refractivity contribution is 0.480. The second-order valence-corrected chi connectivity index (χ2v) is 8.63. The molecule has 0 saturated heterocycles. The lowest BCUT2D eigenvalue weighted by Crippen LogP contribution is -2.13. The number of nitriles is 1. The maximum atomic E-state index is 12.5. The number of nitrogens with zero attached hydrogens (tertiary/aromatic N) is 3. The fourth-order valence-electron chi connectivity index (χ4n) is 2.68. The van der Waals surface area contributed by atoms with E-state index in [0.29, 0.717) is 5.75 Å². The van der Waals surface area contributed by atoms with Crippen LogP contribution in [0, 0.1) is 11.3 Å². The summed E-state index contributed by atoms with van der Waals surface area (Å²) in [7, 11) is -3.87. The monoisotopic (exact) mass is 434 g/mol. The molecule has 9 heteroatoms. The third kappa shape index (κ3) is 4.30. The summed E-state index contributed by atoms with van der Waals surface area (Å²) in [5.41, 5.74) is 1.75. The first-order valence-electron chi connectivity index (χ1n) is 8.71. The van der Waals surface area contributed by atoms with Crippen molar-refractivity contribution in [3.05, 3.63) is 84.0 Å². The van der Waals surface area contributed by atoms with E-state index >= 15 is 0 Å². The second kappa shape index (κ2) is 8.32. The van der Waals surface area contributed by atoms with Crippen molar-refractivity contribution in [2.45, 2.75) is 4.90 Å². The molecule has 0 atom stereocenters. The van der Waals surface area contributed by atoms with Gasteiger partial charge in [0.15, 0.2) is 5.13 Å². The van der Waals surface area contributed by atoms with E-state index < -0.39 is 10.0 Å². The van der Waals surface area contributed by atoms with E-state index in [1.54, 1.807) is 23.7 Å². The van der Waals surface area contributed by atoms with Crippen molar-refractivity contribution >= 4 is 26.5 Å². The fourth-order valence-corrected chi connectivity index (χ4v) is 4.49. The Morgan fingerprint density at radius 1 is 1.00 bits per heavy atom. The molecule has 2 heterocycles. The van der Waals surface area contributed by atoms with Crippen molar-refractivity contribution in [3.63, 3.8) is 0 Å². The summed E-state index contributed by atoms with van der Waals surface area (Å²) in [4.78, 5) is 8.17. The molecule has 30 heavy (non-hydrogen) atoms. The quantitative estimate of drug-likeness (QED) is 0.473. The summed E-state index contributed by atoms with van der Waals surface area (Å²) in [5.74, 6) is 0.759. The third-order valence-corrected chi connectivity index (χ3v) is 6.21. The molecule has 0 saturated carbocycles. The summed E-state index contributed by atoms with van der Waals surface area (Å²) >= 11 is 1.16. The number of ether oxygens (including phenoxy) is 1. The van der Waals surface area contributed by atoms with Crippen LogP contribution in [-0.4, -0.2) is 18.4 Å². The van der Waals surface area contributed by atoms with Gasteiger partial charge in [-0.1, -0.05) is 18.2 Å². The zero-order valence-corrected chi connectivity index (χ0v) is 17.0. The molecule has 0 bridgehead atoms. The Balaban J connectivity index is 1.61. The van der Waals surface area contributed by atoms with E-state index in [4.69, 9.17) is 4.74 Å². The maximum Gasteiger partial charge on any atom is 0.263 e. The lowest BCUT2D eigenvalue weighted by atomic mass is 10.1. The van der Waals surface area contributed by atoms with Crippen LogP contribution in [0.1, 0.15) is 5.56 Å². The van der Waals surface area contributed by atoms with Crippen LogP contribution in [0.3, 0.4) is 0 Å². The molecular weight excluding hydrogens is 420 g/mol. The molecule has 0 aliphatic heterocycles. The first-order chi connectivity index (χ1) is 14.5. The number of anilines is 1. The molecule has 0 amide bonds. The summed E-state index contributed by atoms with van der Waals surface area (Å²) in [6.07, 6.45) is 3.20. The van der Waals surface area contributed by atoms with E-state index in [2.05, 4.69) is 14.7 Å². The molecule has 0 spiro atoms. The Kier molecular flexibility index (Phi) is 5.43. The minimum Gasteiger partial charge on any atom is -0.456 e. The van der Waals surface area contributed by atoms with E-state index in [9.17, 15) is 13.7 Å². The number of rotatable bonds is 6. The van der Waals surface area contributed by atoms with Crippen LogP contribution in [0.4, 0.5) is 5.13 Å². The summed E-state index contributed by atoms with van der Waals surface area (Å²) in [6, 6.07) is 19.0. The molecule has 4 aromatic rings. The van der Waals surface area contributed by atoms with Crippen LogP contribution in [0.25, 0.3) is 11.3 Å². The first kappa shape index (κ1) is 19.6. The number of pyridine rings is 1. The van der Waals surface area contributed by atoms with Crippen molar-refractivity contribution in [3.8, 4) is 28.8 Å². The molecule has 0 unspecified atom stereocenters. The molecule has 148 valence electrons. The highest BCUT2D eigenvalue weighted by molar-refractivity contribution is 7.93. The lowest BCUT2D eigenvalue weighted by Gasteiger charge is -2.11. The van der Waals surface area contributed by atoms with Gasteiger partial charge in [0.25, 0.3) is 10.0 Å². The van der Waals surface area contributed by atoms with Crippen molar-refractivity contribution in [2.24, 2.45) is 0 Å². The average Bonchev–Trinajstić information content (AvgIpc) is 3.27. The first-order valence-corrected chi connectivity index (χ1v) is 11.1. The number of hydrogen-bond donors (Lipinski definition) is 1. The molecule has 2 aromatic carbocycles. The predicted octanol–water partition coefficient (Wildman–Crippen LogP) is 4.67. The van der Waals surface area contributed by atoms with Crippen LogP contribution in [0.15, 0.2) is 83.3 Å². The highest BCUT2D eigenvalue weighted by Crippen LogP contribution is 2.30. The number of hydrogen-bond acceptors (Lipinski definition) is 7. The minimum atomic E-state index is -3.87. The van der Waals surface area contributed by atoms with Gasteiger partial charge in [0.2, 0.25) is 0 Å². The Hall–Kier alpha value is -3.74. The highest BCUT2D eigenvalue weighted by Gasteiger charge is 2.18. The number of aromatic nitrogens is 2. The highest BCUT2D eigenvalue weighted by atomic mass is 32.2. The van der Waals surface area contributed by atoms with Gasteiger partial charge in [0.05, 0.1) is 16.2 Å². The van der Waals surface area contributed by atoms with E-state index in [1.165, 1.54) is 24.4 Å². The van der Waals surface area contributed by atoms with Gasteiger partial charge in [0.1, 0.15) is 17.6 Å². The summed E-state index contributed by atoms with van der Waals surface area (Å²) in [6.45, 7) is 0. The van der Waals surface area contributed by atoms with Crippen LogP contribution in [0.2, 0.25) is 0 Å².